The van der Waals surface area contributed by atoms with Gasteiger partial charge in [-0.05, 0) is 0 Å². The largest absolute Gasteiger partial charge is 0.539 e. The number of hydrogen-bond donors (Lipinski definition) is 0. The highest BCUT2D eigenvalue weighted by Crippen LogP contribution is 2.12. The van der Waals surface area contributed by atoms with Crippen LogP contribution in [-0.2, 0) is 6.54 Å². The summed E-state index contributed by atoms with van der Waals surface area (Å²) in [5.41, 5.74) is 0.119. The number of rotatable bonds is 1. The predicted molar refractivity (Wildman–Crippen MR) is 35.6 cm³/mol. The van der Waals surface area contributed by atoms with E-state index in [2.05, 4.69) is 30.6 Å². The topological polar surface area (TPSA) is 53.0 Å². The zero-order chi connectivity index (χ0) is 8.48. The van der Waals surface area contributed by atoms with Gasteiger partial charge >= 0.3 is 0 Å². The molecule has 0 saturated heterocycles. The lowest BCUT2D eigenvalue weighted by atomic mass is 9.97. The van der Waals surface area contributed by atoms with Crippen molar-refractivity contribution in [3.8, 4) is 5.95 Å². The molecule has 1 aromatic heterocycles. The van der Waals surface area contributed by atoms with Gasteiger partial charge in [-0.15, -0.1) is 0 Å². The third-order valence-corrected chi connectivity index (χ3v) is 1.13. The SMILES string of the molecule is CC(C)(C)C[n+]1cc([O-])on1. The molecule has 0 unspecified atom stereocenters. The summed E-state index contributed by atoms with van der Waals surface area (Å²) in [6, 6.07) is 0. The summed E-state index contributed by atoms with van der Waals surface area (Å²) in [6.07, 6.45) is 1.35. The van der Waals surface area contributed by atoms with E-state index in [0.29, 0.717) is 6.54 Å². The van der Waals surface area contributed by atoms with Gasteiger partial charge in [0.1, 0.15) is 5.95 Å². The van der Waals surface area contributed by atoms with E-state index in [0.717, 1.165) is 0 Å². The zero-order valence-corrected chi connectivity index (χ0v) is 7.00. The molecule has 4 nitrogen and oxygen atoms in total. The van der Waals surface area contributed by atoms with Crippen molar-refractivity contribution < 1.29 is 14.3 Å². The average Bonchev–Trinajstić information content (AvgIpc) is 2.10. The van der Waals surface area contributed by atoms with E-state index in [1.165, 1.54) is 10.9 Å². The van der Waals surface area contributed by atoms with Gasteiger partial charge in [0.05, 0.1) is 5.27 Å². The highest BCUT2D eigenvalue weighted by molar-refractivity contribution is 4.80. The summed E-state index contributed by atoms with van der Waals surface area (Å²) >= 11 is 0. The second kappa shape index (κ2) is 2.53. The molecule has 0 aliphatic rings. The Bertz CT molecular complexity index is 237. The highest BCUT2D eigenvalue weighted by Gasteiger charge is 2.18. The lowest BCUT2D eigenvalue weighted by Gasteiger charge is -2.10. The van der Waals surface area contributed by atoms with Gasteiger partial charge in [-0.3, -0.25) is 0 Å². The van der Waals surface area contributed by atoms with Crippen molar-refractivity contribution in [2.75, 3.05) is 0 Å². The molecule has 0 amide bonds. The van der Waals surface area contributed by atoms with Crippen molar-refractivity contribution in [1.29, 1.82) is 0 Å². The molecular weight excluding hydrogens is 144 g/mol. The van der Waals surface area contributed by atoms with E-state index in [1.807, 2.05) is 0 Å². The molecule has 0 atom stereocenters. The van der Waals surface area contributed by atoms with Gasteiger partial charge in [0.15, 0.2) is 6.54 Å². The summed E-state index contributed by atoms with van der Waals surface area (Å²) in [7, 11) is 0. The summed E-state index contributed by atoms with van der Waals surface area (Å²) in [5.74, 6) is -0.394. The van der Waals surface area contributed by atoms with Crippen LogP contribution in [0.4, 0.5) is 0 Å². The average molecular weight is 156 g/mol. The number of aromatic nitrogens is 2. The quantitative estimate of drug-likeness (QED) is 0.541. The maximum atomic E-state index is 10.5. The molecule has 0 spiro atoms. The first-order valence-corrected chi connectivity index (χ1v) is 3.51. The molecule has 0 aliphatic heterocycles. The summed E-state index contributed by atoms with van der Waals surface area (Å²) in [5, 5.41) is 14.1. The Balaban J connectivity index is 2.65. The van der Waals surface area contributed by atoms with E-state index in [1.54, 1.807) is 0 Å². The van der Waals surface area contributed by atoms with Crippen LogP contribution in [0.25, 0.3) is 0 Å². The summed E-state index contributed by atoms with van der Waals surface area (Å²) in [4.78, 5) is 0. The monoisotopic (exact) mass is 156 g/mol. The fraction of sp³-hybridized carbons (Fsp3) is 0.714. The minimum absolute atomic E-state index is 0.119. The molecule has 4 heteroatoms. The maximum Gasteiger partial charge on any atom is 0.221 e. The molecule has 0 fully saturated rings. The Labute approximate surface area is 65.4 Å². The zero-order valence-electron chi connectivity index (χ0n) is 7.00. The molecule has 0 saturated carbocycles. The van der Waals surface area contributed by atoms with Crippen LogP contribution in [0, 0.1) is 5.41 Å². The fourth-order valence-corrected chi connectivity index (χ4v) is 0.822. The van der Waals surface area contributed by atoms with Gasteiger partial charge in [-0.2, -0.15) is 0 Å². The van der Waals surface area contributed by atoms with Gasteiger partial charge in [-0.1, -0.05) is 25.5 Å². The molecule has 1 rings (SSSR count). The van der Waals surface area contributed by atoms with Crippen LogP contribution in [0.3, 0.4) is 0 Å². The van der Waals surface area contributed by atoms with Crippen LogP contribution in [0.15, 0.2) is 10.7 Å². The van der Waals surface area contributed by atoms with Gasteiger partial charge in [0.25, 0.3) is 0 Å². The van der Waals surface area contributed by atoms with Crippen LogP contribution >= 0.6 is 0 Å². The third kappa shape index (κ3) is 2.57. The molecular formula is C7H12N2O2. The Hall–Kier alpha value is -1.06. The second-order valence-electron chi connectivity index (χ2n) is 3.78. The van der Waals surface area contributed by atoms with Crippen molar-refractivity contribution in [2.24, 2.45) is 5.41 Å². The Kier molecular flexibility index (Phi) is 1.85. The van der Waals surface area contributed by atoms with Gasteiger partial charge in [0.2, 0.25) is 6.20 Å². The van der Waals surface area contributed by atoms with E-state index >= 15 is 0 Å². The number of hydrogen-bond acceptors (Lipinski definition) is 3. The minimum atomic E-state index is -0.394. The van der Waals surface area contributed by atoms with Crippen molar-refractivity contribution in [1.82, 2.24) is 5.27 Å². The van der Waals surface area contributed by atoms with Gasteiger partial charge < -0.3 is 9.63 Å². The first-order valence-electron chi connectivity index (χ1n) is 3.51. The molecule has 1 aromatic rings. The van der Waals surface area contributed by atoms with Crippen molar-refractivity contribution in [3.63, 3.8) is 0 Å². The Morgan fingerprint density at radius 3 is 2.64 bits per heavy atom. The molecule has 0 radical (unpaired) electrons. The minimum Gasteiger partial charge on any atom is -0.539 e. The Morgan fingerprint density at radius 2 is 2.27 bits per heavy atom. The van der Waals surface area contributed by atoms with Crippen LogP contribution in [0.5, 0.6) is 5.95 Å². The van der Waals surface area contributed by atoms with Crippen LogP contribution in [-0.4, -0.2) is 5.27 Å². The first kappa shape index (κ1) is 8.04. The van der Waals surface area contributed by atoms with E-state index in [4.69, 9.17) is 0 Å². The van der Waals surface area contributed by atoms with Crippen molar-refractivity contribution in [2.45, 2.75) is 27.3 Å². The second-order valence-corrected chi connectivity index (χ2v) is 3.78. The maximum absolute atomic E-state index is 10.5. The van der Waals surface area contributed by atoms with E-state index < -0.39 is 5.95 Å². The van der Waals surface area contributed by atoms with Gasteiger partial charge in [-0.25, -0.2) is 0 Å². The number of nitrogens with zero attached hydrogens (tertiary/aromatic N) is 2. The molecule has 0 bridgehead atoms. The van der Waals surface area contributed by atoms with Gasteiger partial charge in [0, 0.05) is 5.41 Å². The molecule has 0 aliphatic carbocycles. The Morgan fingerprint density at radius 1 is 1.64 bits per heavy atom. The highest BCUT2D eigenvalue weighted by atomic mass is 16.6. The van der Waals surface area contributed by atoms with Crippen molar-refractivity contribution in [3.05, 3.63) is 6.20 Å². The normalized spacial score (nSPS) is 11.9. The molecule has 1 heterocycles. The fourth-order valence-electron chi connectivity index (χ4n) is 0.822. The lowest BCUT2D eigenvalue weighted by Crippen LogP contribution is -2.41. The van der Waals surface area contributed by atoms with Crippen LogP contribution < -0.4 is 9.79 Å². The lowest BCUT2D eigenvalue weighted by molar-refractivity contribution is -0.771. The molecule has 11 heavy (non-hydrogen) atoms. The summed E-state index contributed by atoms with van der Waals surface area (Å²) in [6.45, 7) is 6.90. The third-order valence-electron chi connectivity index (χ3n) is 1.13. The van der Waals surface area contributed by atoms with Crippen molar-refractivity contribution >= 4 is 0 Å². The molecule has 0 N–H and O–H groups in total. The van der Waals surface area contributed by atoms with Crippen LogP contribution in [0.1, 0.15) is 20.8 Å². The smallest absolute Gasteiger partial charge is 0.221 e. The first-order chi connectivity index (χ1) is 4.97. The standard InChI is InChI=1S/C7H12N2O2/c1-7(2,3)5-9-4-6(10)11-8-9/h4H,5H2,1-3H3. The molecule has 0 aromatic carbocycles. The van der Waals surface area contributed by atoms with Crippen LogP contribution in [0.2, 0.25) is 0 Å². The van der Waals surface area contributed by atoms with E-state index in [9.17, 15) is 5.11 Å². The van der Waals surface area contributed by atoms with E-state index in [-0.39, 0.29) is 5.41 Å². The predicted octanol–water partition coefficient (Wildman–Crippen LogP) is 0.0818. The summed E-state index contributed by atoms with van der Waals surface area (Å²) < 4.78 is 5.88. The molecule has 62 valence electrons.